The normalized spacial score (nSPS) is 14.1. The quantitative estimate of drug-likeness (QED) is 0.946. The van der Waals surface area contributed by atoms with Crippen LogP contribution >= 0.6 is 0 Å². The monoisotopic (exact) mass is 314 g/mol. The first kappa shape index (κ1) is 15.4. The standard InChI is InChI=1S/C17H19FN4O/c1-11-5-6-13(18)9-15(11)21-16(23)14-10-19-17(20-12(14)2)22-7-3-4-8-22/h5-6,9-10H,3-4,7-8H2,1-2H3,(H,21,23). The molecule has 120 valence electrons. The van der Waals surface area contributed by atoms with Crippen molar-refractivity contribution < 1.29 is 9.18 Å². The Morgan fingerprint density at radius 1 is 1.26 bits per heavy atom. The van der Waals surface area contributed by atoms with E-state index >= 15 is 0 Å². The third-order valence-corrected chi connectivity index (χ3v) is 4.05. The average molecular weight is 314 g/mol. The van der Waals surface area contributed by atoms with Crippen molar-refractivity contribution in [3.63, 3.8) is 0 Å². The van der Waals surface area contributed by atoms with Crippen molar-refractivity contribution in [3.8, 4) is 0 Å². The number of carbonyl (C=O) groups excluding carboxylic acids is 1. The number of amides is 1. The predicted molar refractivity (Wildman–Crippen MR) is 87.3 cm³/mol. The number of aryl methyl sites for hydroxylation is 2. The molecule has 1 aliphatic rings. The molecule has 6 heteroatoms. The number of nitrogens with one attached hydrogen (secondary N) is 1. The molecule has 0 spiro atoms. The predicted octanol–water partition coefficient (Wildman–Crippen LogP) is 3.09. The Kier molecular flexibility index (Phi) is 4.23. The van der Waals surface area contributed by atoms with Crippen LogP contribution in [0.3, 0.4) is 0 Å². The summed E-state index contributed by atoms with van der Waals surface area (Å²) in [5.74, 6) is -0.0501. The summed E-state index contributed by atoms with van der Waals surface area (Å²) in [6.07, 6.45) is 3.83. The highest BCUT2D eigenvalue weighted by atomic mass is 19.1. The van der Waals surface area contributed by atoms with E-state index in [0.717, 1.165) is 31.5 Å². The maximum absolute atomic E-state index is 13.3. The van der Waals surface area contributed by atoms with Crippen molar-refractivity contribution in [2.24, 2.45) is 0 Å². The minimum atomic E-state index is -0.386. The topological polar surface area (TPSA) is 58.1 Å². The zero-order chi connectivity index (χ0) is 16.4. The molecule has 0 bridgehead atoms. The second-order valence-electron chi connectivity index (χ2n) is 5.78. The molecule has 1 fully saturated rings. The Bertz CT molecular complexity index is 741. The lowest BCUT2D eigenvalue weighted by molar-refractivity contribution is 0.102. The highest BCUT2D eigenvalue weighted by molar-refractivity contribution is 6.05. The van der Waals surface area contributed by atoms with Crippen molar-refractivity contribution >= 4 is 17.5 Å². The van der Waals surface area contributed by atoms with Crippen molar-refractivity contribution in [1.29, 1.82) is 0 Å². The number of carbonyl (C=O) groups is 1. The number of anilines is 2. The number of nitrogens with zero attached hydrogens (tertiary/aromatic N) is 3. The fraction of sp³-hybridized carbons (Fsp3) is 0.353. The van der Waals surface area contributed by atoms with Crippen LogP contribution in [0.5, 0.6) is 0 Å². The van der Waals surface area contributed by atoms with E-state index in [0.29, 0.717) is 22.9 Å². The van der Waals surface area contributed by atoms with Crippen LogP contribution in [0.4, 0.5) is 16.0 Å². The molecule has 2 aromatic rings. The van der Waals surface area contributed by atoms with Crippen LogP contribution in [0, 0.1) is 19.7 Å². The minimum Gasteiger partial charge on any atom is -0.341 e. The lowest BCUT2D eigenvalue weighted by Crippen LogP contribution is -2.22. The summed E-state index contributed by atoms with van der Waals surface area (Å²) in [6.45, 7) is 5.50. The van der Waals surface area contributed by atoms with Crippen molar-refractivity contribution in [1.82, 2.24) is 9.97 Å². The number of hydrogen-bond acceptors (Lipinski definition) is 4. The van der Waals surface area contributed by atoms with Gasteiger partial charge in [0.15, 0.2) is 0 Å². The van der Waals surface area contributed by atoms with E-state index in [1.54, 1.807) is 19.2 Å². The van der Waals surface area contributed by atoms with E-state index in [9.17, 15) is 9.18 Å². The third-order valence-electron chi connectivity index (χ3n) is 4.05. The Morgan fingerprint density at radius 2 is 2.00 bits per heavy atom. The molecule has 0 saturated carbocycles. The van der Waals surface area contributed by atoms with Crippen LogP contribution in [-0.2, 0) is 0 Å². The fourth-order valence-electron chi connectivity index (χ4n) is 2.67. The molecule has 23 heavy (non-hydrogen) atoms. The van der Waals surface area contributed by atoms with Gasteiger partial charge in [0, 0.05) is 25.0 Å². The van der Waals surface area contributed by atoms with E-state index in [1.165, 1.54) is 12.1 Å². The van der Waals surface area contributed by atoms with Crippen LogP contribution < -0.4 is 10.2 Å². The molecule has 1 aromatic carbocycles. The molecule has 0 aliphatic carbocycles. The summed E-state index contributed by atoms with van der Waals surface area (Å²) in [4.78, 5) is 23.3. The molecule has 1 aliphatic heterocycles. The van der Waals surface area contributed by atoms with Crippen molar-refractivity contribution in [2.75, 3.05) is 23.3 Å². The molecule has 5 nitrogen and oxygen atoms in total. The van der Waals surface area contributed by atoms with Gasteiger partial charge in [-0.1, -0.05) is 6.07 Å². The first-order chi connectivity index (χ1) is 11.0. The van der Waals surface area contributed by atoms with Gasteiger partial charge in [-0.15, -0.1) is 0 Å². The number of halogens is 1. The lowest BCUT2D eigenvalue weighted by Gasteiger charge is -2.16. The summed E-state index contributed by atoms with van der Waals surface area (Å²) in [7, 11) is 0. The van der Waals surface area contributed by atoms with Gasteiger partial charge in [-0.25, -0.2) is 14.4 Å². The maximum Gasteiger partial charge on any atom is 0.259 e. The van der Waals surface area contributed by atoms with Gasteiger partial charge in [-0.05, 0) is 44.4 Å². The van der Waals surface area contributed by atoms with Crippen molar-refractivity contribution in [2.45, 2.75) is 26.7 Å². The van der Waals surface area contributed by atoms with Gasteiger partial charge in [0.1, 0.15) is 5.82 Å². The van der Waals surface area contributed by atoms with Gasteiger partial charge >= 0.3 is 0 Å². The van der Waals surface area contributed by atoms with E-state index in [-0.39, 0.29) is 11.7 Å². The lowest BCUT2D eigenvalue weighted by atomic mass is 10.1. The minimum absolute atomic E-state index is 0.329. The van der Waals surface area contributed by atoms with Crippen LogP contribution in [0.2, 0.25) is 0 Å². The molecule has 0 unspecified atom stereocenters. The van der Waals surface area contributed by atoms with Crippen LogP contribution in [0.25, 0.3) is 0 Å². The fourth-order valence-corrected chi connectivity index (χ4v) is 2.67. The Labute approximate surface area is 134 Å². The molecule has 1 saturated heterocycles. The highest BCUT2D eigenvalue weighted by Gasteiger charge is 2.18. The Morgan fingerprint density at radius 3 is 2.70 bits per heavy atom. The molecule has 3 rings (SSSR count). The Hall–Kier alpha value is -2.50. The van der Waals surface area contributed by atoms with Gasteiger partial charge in [-0.2, -0.15) is 0 Å². The van der Waals surface area contributed by atoms with Crippen LogP contribution in [-0.4, -0.2) is 29.0 Å². The summed E-state index contributed by atoms with van der Waals surface area (Å²) in [6, 6.07) is 4.30. The first-order valence-corrected chi connectivity index (χ1v) is 7.70. The summed E-state index contributed by atoms with van der Waals surface area (Å²) >= 11 is 0. The van der Waals surface area contributed by atoms with E-state index in [4.69, 9.17) is 0 Å². The molecule has 1 aromatic heterocycles. The van der Waals surface area contributed by atoms with Crippen LogP contribution in [0.1, 0.15) is 34.5 Å². The molecular weight excluding hydrogens is 295 g/mol. The summed E-state index contributed by atoms with van der Waals surface area (Å²) in [5, 5.41) is 2.72. The van der Waals surface area contributed by atoms with Gasteiger partial charge in [-0.3, -0.25) is 4.79 Å². The number of hydrogen-bond donors (Lipinski definition) is 1. The summed E-state index contributed by atoms with van der Waals surface area (Å²) in [5.41, 5.74) is 2.27. The third kappa shape index (κ3) is 3.31. The van der Waals surface area contributed by atoms with Crippen LogP contribution in [0.15, 0.2) is 24.4 Å². The summed E-state index contributed by atoms with van der Waals surface area (Å²) < 4.78 is 13.3. The molecule has 0 radical (unpaired) electrons. The largest absolute Gasteiger partial charge is 0.341 e. The molecule has 0 atom stereocenters. The highest BCUT2D eigenvalue weighted by Crippen LogP contribution is 2.20. The smallest absolute Gasteiger partial charge is 0.259 e. The second-order valence-corrected chi connectivity index (χ2v) is 5.78. The second kappa shape index (κ2) is 6.32. The molecule has 1 amide bonds. The number of rotatable bonds is 3. The van der Waals surface area contributed by atoms with Crippen molar-refractivity contribution in [3.05, 3.63) is 47.0 Å². The van der Waals surface area contributed by atoms with Gasteiger partial charge in [0.25, 0.3) is 5.91 Å². The zero-order valence-corrected chi connectivity index (χ0v) is 13.3. The molecular formula is C17H19FN4O. The first-order valence-electron chi connectivity index (χ1n) is 7.70. The molecule has 2 heterocycles. The molecule has 1 N–H and O–H groups in total. The number of benzene rings is 1. The van der Waals surface area contributed by atoms with E-state index in [2.05, 4.69) is 20.2 Å². The van der Waals surface area contributed by atoms with E-state index < -0.39 is 0 Å². The average Bonchev–Trinajstić information content (AvgIpc) is 3.05. The Balaban J connectivity index is 1.80. The number of aromatic nitrogens is 2. The van der Waals surface area contributed by atoms with Gasteiger partial charge < -0.3 is 10.2 Å². The van der Waals surface area contributed by atoms with Gasteiger partial charge in [0.2, 0.25) is 5.95 Å². The SMILES string of the molecule is Cc1ccc(F)cc1NC(=O)c1cnc(N2CCCC2)nc1C. The van der Waals surface area contributed by atoms with Gasteiger partial charge in [0.05, 0.1) is 11.3 Å². The zero-order valence-electron chi connectivity index (χ0n) is 13.3. The van der Waals surface area contributed by atoms with E-state index in [1.807, 2.05) is 6.92 Å². The maximum atomic E-state index is 13.3.